The van der Waals surface area contributed by atoms with Gasteiger partial charge in [0.15, 0.2) is 0 Å². The second-order valence-corrected chi connectivity index (χ2v) is 10.7. The quantitative estimate of drug-likeness (QED) is 0.266. The number of nitrogens with zero attached hydrogens (tertiary/aromatic N) is 1. The molecular formula is C31H36BNO5. The minimum absolute atomic E-state index is 0.126. The summed E-state index contributed by atoms with van der Waals surface area (Å²) in [6.45, 7) is 4.25. The zero-order valence-corrected chi connectivity index (χ0v) is 22.2. The van der Waals surface area contributed by atoms with E-state index in [1.165, 1.54) is 16.0 Å². The van der Waals surface area contributed by atoms with Crippen molar-refractivity contribution in [2.24, 2.45) is 17.8 Å². The summed E-state index contributed by atoms with van der Waals surface area (Å²) in [5.74, 6) is -1.10. The van der Waals surface area contributed by atoms with Crippen molar-refractivity contribution in [3.63, 3.8) is 0 Å². The Bertz CT molecular complexity index is 1260. The summed E-state index contributed by atoms with van der Waals surface area (Å²) >= 11 is 0. The number of fused-ring (bicyclic) bond motifs is 3. The fraction of sp³-hybridized carbons (Fsp3) is 0.419. The summed E-state index contributed by atoms with van der Waals surface area (Å²) in [4.78, 5) is 28.7. The Kier molecular flexibility index (Phi) is 7.87. The number of para-hydroxylation sites is 1. The molecule has 2 heterocycles. The summed E-state index contributed by atoms with van der Waals surface area (Å²) in [6.07, 6.45) is 6.85. The Balaban J connectivity index is 1.44. The van der Waals surface area contributed by atoms with Gasteiger partial charge in [0, 0.05) is 0 Å². The summed E-state index contributed by atoms with van der Waals surface area (Å²) in [7, 11) is -0.968. The highest BCUT2D eigenvalue weighted by atomic mass is 16.5. The monoisotopic (exact) mass is 513 g/mol. The normalized spacial score (nSPS) is 25.6. The van der Waals surface area contributed by atoms with Crippen LogP contribution in [0.3, 0.4) is 0 Å². The van der Waals surface area contributed by atoms with Gasteiger partial charge in [-0.2, -0.15) is 0 Å². The van der Waals surface area contributed by atoms with Crippen LogP contribution in [0.5, 0.6) is 5.75 Å². The fourth-order valence-electron chi connectivity index (χ4n) is 6.65. The van der Waals surface area contributed by atoms with Crippen molar-refractivity contribution in [3.8, 4) is 5.75 Å². The summed E-state index contributed by atoms with van der Waals surface area (Å²) < 4.78 is 6.14. The van der Waals surface area contributed by atoms with E-state index in [1.807, 2.05) is 30.3 Å². The van der Waals surface area contributed by atoms with Gasteiger partial charge in [0.2, 0.25) is 11.8 Å². The zero-order valence-electron chi connectivity index (χ0n) is 22.2. The third-order valence-corrected chi connectivity index (χ3v) is 8.30. The first-order valence-corrected chi connectivity index (χ1v) is 13.9. The molecule has 0 bridgehead atoms. The number of anilines is 1. The maximum Gasteiger partial charge on any atom is 0.455 e. The molecule has 0 saturated carbocycles. The molecule has 0 radical (unpaired) electrons. The number of allylic oxidation sites excluding steroid dienone is 2. The van der Waals surface area contributed by atoms with Crippen molar-refractivity contribution >= 4 is 30.7 Å². The van der Waals surface area contributed by atoms with Gasteiger partial charge in [-0.3, -0.25) is 14.5 Å². The topological polar surface area (TPSA) is 87.1 Å². The largest absolute Gasteiger partial charge is 0.508 e. The van der Waals surface area contributed by atoms with Crippen molar-refractivity contribution < 1.29 is 24.4 Å². The Labute approximate surface area is 225 Å². The van der Waals surface area contributed by atoms with Gasteiger partial charge in [0.1, 0.15) is 5.75 Å². The van der Waals surface area contributed by atoms with Crippen LogP contribution in [0.15, 0.2) is 71.3 Å². The van der Waals surface area contributed by atoms with Gasteiger partial charge in [-0.05, 0) is 79.7 Å². The Morgan fingerprint density at radius 3 is 2.58 bits per heavy atom. The number of phenols is 1. The van der Waals surface area contributed by atoms with E-state index < -0.39 is 13.0 Å². The van der Waals surface area contributed by atoms with Crippen molar-refractivity contribution in [2.75, 3.05) is 4.90 Å². The van der Waals surface area contributed by atoms with E-state index in [0.29, 0.717) is 24.8 Å². The van der Waals surface area contributed by atoms with Crippen molar-refractivity contribution in [3.05, 3.63) is 76.9 Å². The van der Waals surface area contributed by atoms with Gasteiger partial charge in [-0.1, -0.05) is 67.8 Å². The van der Waals surface area contributed by atoms with Gasteiger partial charge >= 0.3 is 7.12 Å². The number of aromatic hydroxyl groups is 1. The van der Waals surface area contributed by atoms with Crippen LogP contribution < -0.4 is 4.90 Å². The van der Waals surface area contributed by atoms with Gasteiger partial charge < -0.3 is 14.8 Å². The molecule has 2 amide bonds. The third kappa shape index (κ3) is 5.10. The van der Waals surface area contributed by atoms with E-state index in [4.69, 9.17) is 4.65 Å². The number of imide groups is 1. The molecule has 3 aliphatic rings. The number of amides is 2. The molecule has 5 rings (SSSR count). The molecular weight excluding hydrogens is 477 g/mol. The highest BCUT2D eigenvalue weighted by Crippen LogP contribution is 2.52. The van der Waals surface area contributed by atoms with Crippen LogP contribution in [0.2, 0.25) is 6.32 Å². The highest BCUT2D eigenvalue weighted by Gasteiger charge is 2.57. The summed E-state index contributed by atoms with van der Waals surface area (Å²) in [5.41, 5.74) is 5.16. The van der Waals surface area contributed by atoms with Gasteiger partial charge in [-0.15, -0.1) is 0 Å². The number of carbonyl (C=O) groups is 2. The zero-order chi connectivity index (χ0) is 26.8. The molecule has 4 atom stereocenters. The molecule has 7 heteroatoms. The molecule has 0 spiro atoms. The number of carbonyl (C=O) groups excluding carboxylic acids is 2. The van der Waals surface area contributed by atoms with Crippen LogP contribution in [0.25, 0.3) is 6.08 Å². The minimum Gasteiger partial charge on any atom is -0.508 e. The molecule has 0 unspecified atom stereocenters. The van der Waals surface area contributed by atoms with Crippen LogP contribution in [-0.2, 0) is 14.2 Å². The molecule has 2 aliphatic heterocycles. The van der Waals surface area contributed by atoms with Crippen LogP contribution in [0.4, 0.5) is 5.69 Å². The molecule has 1 aliphatic carbocycles. The van der Waals surface area contributed by atoms with E-state index in [2.05, 4.69) is 19.9 Å². The van der Waals surface area contributed by atoms with E-state index >= 15 is 0 Å². The third-order valence-electron chi connectivity index (χ3n) is 8.30. The second-order valence-electron chi connectivity index (χ2n) is 10.7. The molecule has 6 nitrogen and oxygen atoms in total. The lowest BCUT2D eigenvalue weighted by Gasteiger charge is -2.43. The molecule has 2 N–H and O–H groups in total. The smallest absolute Gasteiger partial charge is 0.455 e. The molecule has 2 saturated heterocycles. The Morgan fingerprint density at radius 1 is 1.08 bits per heavy atom. The summed E-state index contributed by atoms with van der Waals surface area (Å²) in [6, 6.07) is 16.4. The lowest BCUT2D eigenvalue weighted by atomic mass is 9.58. The van der Waals surface area contributed by atoms with Crippen LogP contribution >= 0.6 is 0 Å². The number of hydrogen-bond acceptors (Lipinski definition) is 5. The maximum absolute atomic E-state index is 13.8. The van der Waals surface area contributed by atoms with Crippen molar-refractivity contribution in [1.29, 1.82) is 0 Å². The molecule has 198 valence electrons. The number of benzene rings is 2. The van der Waals surface area contributed by atoms with E-state index in [0.717, 1.165) is 36.8 Å². The lowest BCUT2D eigenvalue weighted by Crippen LogP contribution is -2.46. The molecule has 2 fully saturated rings. The Hall–Kier alpha value is -3.16. The van der Waals surface area contributed by atoms with Gasteiger partial charge in [-0.25, -0.2) is 0 Å². The van der Waals surface area contributed by atoms with Gasteiger partial charge in [0.05, 0.1) is 23.6 Å². The second kappa shape index (κ2) is 11.3. The molecule has 2 aromatic rings. The molecule has 0 aromatic heterocycles. The van der Waals surface area contributed by atoms with Crippen LogP contribution in [0, 0.1) is 17.8 Å². The predicted molar refractivity (Wildman–Crippen MR) is 149 cm³/mol. The first kappa shape index (κ1) is 26.5. The first-order chi connectivity index (χ1) is 18.4. The van der Waals surface area contributed by atoms with E-state index in [-0.39, 0.29) is 35.5 Å². The fourth-order valence-corrected chi connectivity index (χ4v) is 6.65. The van der Waals surface area contributed by atoms with Crippen molar-refractivity contribution in [1.82, 2.24) is 0 Å². The standard InChI is InChI=1S/C31H36BNO5/c1-3-9-22-18-25-29(31(36)33(30(25)35)23-11-6-5-7-12-23)26-19-32(37)38-27(28(22)26)15-14-20(4-2)16-21-10-8-13-24(34)17-21/h5-8,10-13,16-17,25-27,29,34,37H,3-4,9,14-15,18-19H2,1-2H3/b20-16+/t25-,26+,27-,29-/m1/s1. The maximum atomic E-state index is 13.8. The minimum atomic E-state index is -0.968. The van der Waals surface area contributed by atoms with Crippen LogP contribution in [0.1, 0.15) is 57.9 Å². The highest BCUT2D eigenvalue weighted by molar-refractivity contribution is 6.43. The summed E-state index contributed by atoms with van der Waals surface area (Å²) in [5, 5.41) is 20.6. The number of phenolic OH excluding ortho intramolecular Hbond substituents is 1. The number of hydrogen-bond donors (Lipinski definition) is 2. The van der Waals surface area contributed by atoms with E-state index in [9.17, 15) is 19.7 Å². The van der Waals surface area contributed by atoms with Crippen molar-refractivity contribution in [2.45, 2.75) is 64.8 Å². The average Bonchev–Trinajstić information content (AvgIpc) is 3.16. The molecule has 38 heavy (non-hydrogen) atoms. The molecule has 2 aromatic carbocycles. The number of rotatable bonds is 8. The lowest BCUT2D eigenvalue weighted by molar-refractivity contribution is -0.122. The predicted octanol–water partition coefficient (Wildman–Crippen LogP) is 5.77. The average molecular weight is 513 g/mol. The Morgan fingerprint density at radius 2 is 1.87 bits per heavy atom. The van der Waals surface area contributed by atoms with E-state index in [1.54, 1.807) is 24.3 Å². The SMILES string of the molecule is CCCC1=C2[C@@H](CC/C(=C/c3cccc(O)c3)CC)OB(O)C[C@@H]2[C@@H]2C(=O)N(c3ccccc3)C(=O)[C@@H]2C1. The van der Waals surface area contributed by atoms with Crippen LogP contribution in [-0.4, -0.2) is 35.2 Å². The first-order valence-electron chi connectivity index (χ1n) is 13.9. The van der Waals surface area contributed by atoms with Gasteiger partial charge in [0.25, 0.3) is 0 Å².